The Morgan fingerprint density at radius 2 is 1.79 bits per heavy atom. The van der Waals surface area contributed by atoms with E-state index in [0.29, 0.717) is 12.1 Å². The van der Waals surface area contributed by atoms with Gasteiger partial charge in [-0.3, -0.25) is 4.79 Å². The zero-order valence-electron chi connectivity index (χ0n) is 14.0. The molecule has 0 fully saturated rings. The highest BCUT2D eigenvalue weighted by Gasteiger charge is 2.12. The van der Waals surface area contributed by atoms with Crippen LogP contribution in [0.2, 0.25) is 0 Å². The standard InChI is InChI=1S/C17H22N2O3S2/c1-4-15-12(2)9-16(23-15)17(20)19-10-13-5-7-14(8-6-13)11-24(21,22)18-3/h5-9,18H,4,10-11H2,1-3H3,(H,19,20). The van der Waals surface area contributed by atoms with Gasteiger partial charge in [0.1, 0.15) is 0 Å². The van der Waals surface area contributed by atoms with Gasteiger partial charge in [-0.25, -0.2) is 13.1 Å². The van der Waals surface area contributed by atoms with Gasteiger partial charge in [0.2, 0.25) is 10.0 Å². The van der Waals surface area contributed by atoms with E-state index in [1.165, 1.54) is 23.3 Å². The van der Waals surface area contributed by atoms with Crippen LogP contribution in [0.4, 0.5) is 0 Å². The Kier molecular flexibility index (Phi) is 6.15. The fourth-order valence-electron chi connectivity index (χ4n) is 2.30. The van der Waals surface area contributed by atoms with E-state index in [1.807, 2.05) is 25.1 Å². The van der Waals surface area contributed by atoms with E-state index in [-0.39, 0.29) is 11.7 Å². The van der Waals surface area contributed by atoms with Gasteiger partial charge in [0, 0.05) is 11.4 Å². The van der Waals surface area contributed by atoms with Gasteiger partial charge in [0.05, 0.1) is 10.6 Å². The molecule has 1 amide bonds. The number of hydrogen-bond donors (Lipinski definition) is 2. The molecule has 0 spiro atoms. The quantitative estimate of drug-likeness (QED) is 0.791. The Hall–Kier alpha value is -1.70. The van der Waals surface area contributed by atoms with Crippen molar-refractivity contribution in [1.29, 1.82) is 0 Å². The lowest BCUT2D eigenvalue weighted by molar-refractivity contribution is 0.0955. The van der Waals surface area contributed by atoms with Gasteiger partial charge >= 0.3 is 0 Å². The fraction of sp³-hybridized carbons (Fsp3) is 0.353. The highest BCUT2D eigenvalue weighted by molar-refractivity contribution is 7.88. The van der Waals surface area contributed by atoms with Crippen LogP contribution in [0.3, 0.4) is 0 Å². The summed E-state index contributed by atoms with van der Waals surface area (Å²) in [6.07, 6.45) is 0.931. The number of amides is 1. The first-order chi connectivity index (χ1) is 11.3. The van der Waals surface area contributed by atoms with Crippen molar-refractivity contribution in [3.05, 3.63) is 56.8 Å². The molecule has 0 bridgehead atoms. The van der Waals surface area contributed by atoms with E-state index < -0.39 is 10.0 Å². The Morgan fingerprint density at radius 3 is 2.33 bits per heavy atom. The zero-order chi connectivity index (χ0) is 17.7. The molecule has 2 N–H and O–H groups in total. The third kappa shape index (κ3) is 4.90. The minimum Gasteiger partial charge on any atom is -0.347 e. The largest absolute Gasteiger partial charge is 0.347 e. The number of benzene rings is 1. The van der Waals surface area contributed by atoms with Gasteiger partial charge in [-0.1, -0.05) is 31.2 Å². The predicted molar refractivity (Wildman–Crippen MR) is 97.7 cm³/mol. The molecule has 0 unspecified atom stereocenters. The summed E-state index contributed by atoms with van der Waals surface area (Å²) in [7, 11) is -1.87. The molecule has 0 radical (unpaired) electrons. The van der Waals surface area contributed by atoms with E-state index in [0.717, 1.165) is 22.4 Å². The molecule has 1 heterocycles. The van der Waals surface area contributed by atoms with Gasteiger partial charge < -0.3 is 5.32 Å². The molecule has 0 atom stereocenters. The van der Waals surface area contributed by atoms with Crippen molar-refractivity contribution in [2.45, 2.75) is 32.6 Å². The smallest absolute Gasteiger partial charge is 0.261 e. The normalized spacial score (nSPS) is 11.5. The zero-order valence-corrected chi connectivity index (χ0v) is 15.7. The Morgan fingerprint density at radius 1 is 1.17 bits per heavy atom. The molecule has 130 valence electrons. The molecule has 7 heteroatoms. The number of hydrogen-bond acceptors (Lipinski definition) is 4. The minimum atomic E-state index is -3.27. The molecule has 0 aliphatic rings. The van der Waals surface area contributed by atoms with Crippen LogP contribution in [0.1, 0.15) is 38.2 Å². The maximum Gasteiger partial charge on any atom is 0.261 e. The maximum atomic E-state index is 12.2. The molecule has 5 nitrogen and oxygen atoms in total. The second-order valence-electron chi connectivity index (χ2n) is 5.53. The predicted octanol–water partition coefficient (Wildman–Crippen LogP) is 2.60. The molecule has 1 aromatic heterocycles. The lowest BCUT2D eigenvalue weighted by atomic mass is 10.1. The van der Waals surface area contributed by atoms with Crippen LogP contribution in [0.5, 0.6) is 0 Å². The Labute approximate surface area is 147 Å². The first-order valence-electron chi connectivity index (χ1n) is 7.71. The number of thiophene rings is 1. The third-order valence-electron chi connectivity index (χ3n) is 3.71. The van der Waals surface area contributed by atoms with Crippen LogP contribution in [0.25, 0.3) is 0 Å². The SMILES string of the molecule is CCc1sc(C(=O)NCc2ccc(CS(=O)(=O)NC)cc2)cc1C. The van der Waals surface area contributed by atoms with Crippen molar-refractivity contribution in [3.63, 3.8) is 0 Å². The van der Waals surface area contributed by atoms with Gasteiger partial charge in [0.25, 0.3) is 5.91 Å². The molecule has 0 aliphatic carbocycles. The fourth-order valence-corrected chi connectivity index (χ4v) is 4.10. The lowest BCUT2D eigenvalue weighted by Crippen LogP contribution is -2.22. The molecule has 2 aromatic rings. The van der Waals surface area contributed by atoms with Crippen LogP contribution < -0.4 is 10.0 Å². The molecule has 24 heavy (non-hydrogen) atoms. The number of carbonyl (C=O) groups excluding carboxylic acids is 1. The number of carbonyl (C=O) groups is 1. The van der Waals surface area contributed by atoms with Crippen LogP contribution in [0, 0.1) is 6.92 Å². The molecule has 0 saturated heterocycles. The van der Waals surface area contributed by atoms with Crippen LogP contribution >= 0.6 is 11.3 Å². The van der Waals surface area contributed by atoms with Crippen LogP contribution in [-0.2, 0) is 28.7 Å². The van der Waals surface area contributed by atoms with Gasteiger partial charge in [-0.2, -0.15) is 0 Å². The van der Waals surface area contributed by atoms with Crippen molar-refractivity contribution in [2.24, 2.45) is 0 Å². The number of nitrogens with one attached hydrogen (secondary N) is 2. The van der Waals surface area contributed by atoms with E-state index in [1.54, 1.807) is 12.1 Å². The molecular weight excluding hydrogens is 344 g/mol. The summed E-state index contributed by atoms with van der Waals surface area (Å²) in [4.78, 5) is 14.2. The summed E-state index contributed by atoms with van der Waals surface area (Å²) >= 11 is 1.53. The monoisotopic (exact) mass is 366 g/mol. The van der Waals surface area contributed by atoms with Gasteiger partial charge in [0.15, 0.2) is 0 Å². The van der Waals surface area contributed by atoms with Crippen molar-refractivity contribution in [2.75, 3.05) is 7.05 Å². The van der Waals surface area contributed by atoms with Crippen molar-refractivity contribution in [1.82, 2.24) is 10.0 Å². The Balaban J connectivity index is 1.95. The molecular formula is C17H22N2O3S2. The summed E-state index contributed by atoms with van der Waals surface area (Å²) in [5, 5.41) is 2.90. The van der Waals surface area contributed by atoms with Gasteiger partial charge in [-0.05, 0) is 43.1 Å². The summed E-state index contributed by atoms with van der Waals surface area (Å²) < 4.78 is 25.3. The molecule has 2 rings (SSSR count). The molecule has 0 saturated carbocycles. The van der Waals surface area contributed by atoms with Crippen LogP contribution in [0.15, 0.2) is 30.3 Å². The second-order valence-corrected chi connectivity index (χ2v) is 8.60. The average Bonchev–Trinajstić information content (AvgIpc) is 2.94. The molecule has 1 aromatic carbocycles. The number of aryl methyl sites for hydroxylation is 2. The van der Waals surface area contributed by atoms with Crippen LogP contribution in [-0.4, -0.2) is 21.4 Å². The Bertz CT molecular complexity index is 809. The van der Waals surface area contributed by atoms with E-state index in [2.05, 4.69) is 17.0 Å². The van der Waals surface area contributed by atoms with Crippen molar-refractivity contribution < 1.29 is 13.2 Å². The first kappa shape index (κ1) is 18.6. The minimum absolute atomic E-state index is 0.0512. The molecule has 0 aliphatic heterocycles. The van der Waals surface area contributed by atoms with E-state index >= 15 is 0 Å². The topological polar surface area (TPSA) is 75.3 Å². The third-order valence-corrected chi connectivity index (χ3v) is 6.42. The van der Waals surface area contributed by atoms with Crippen molar-refractivity contribution >= 4 is 27.3 Å². The highest BCUT2D eigenvalue weighted by atomic mass is 32.2. The highest BCUT2D eigenvalue weighted by Crippen LogP contribution is 2.22. The van der Waals surface area contributed by atoms with E-state index in [9.17, 15) is 13.2 Å². The lowest BCUT2D eigenvalue weighted by Gasteiger charge is -2.06. The average molecular weight is 367 g/mol. The number of rotatable bonds is 7. The summed E-state index contributed by atoms with van der Waals surface area (Å²) in [6, 6.07) is 9.11. The van der Waals surface area contributed by atoms with E-state index in [4.69, 9.17) is 0 Å². The van der Waals surface area contributed by atoms with Gasteiger partial charge in [-0.15, -0.1) is 11.3 Å². The summed E-state index contributed by atoms with van der Waals surface area (Å²) in [5.74, 6) is -0.130. The number of sulfonamides is 1. The van der Waals surface area contributed by atoms with Crippen molar-refractivity contribution in [3.8, 4) is 0 Å². The first-order valence-corrected chi connectivity index (χ1v) is 10.2. The summed E-state index contributed by atoms with van der Waals surface area (Å²) in [6.45, 7) is 4.51. The summed E-state index contributed by atoms with van der Waals surface area (Å²) in [5.41, 5.74) is 2.79. The maximum absolute atomic E-state index is 12.2. The second kappa shape index (κ2) is 7.92.